The predicted octanol–water partition coefficient (Wildman–Crippen LogP) is 1.43. The Morgan fingerprint density at radius 1 is 1.13 bits per heavy atom. The molecule has 3 amide bonds. The third-order valence-electron chi connectivity index (χ3n) is 8.15. The second-order valence-corrected chi connectivity index (χ2v) is 10.8. The van der Waals surface area contributed by atoms with E-state index in [1.807, 2.05) is 0 Å². The highest BCUT2D eigenvalue weighted by atomic mass is 19.4. The zero-order valence-corrected chi connectivity index (χ0v) is 21.1. The van der Waals surface area contributed by atoms with E-state index in [-0.39, 0.29) is 48.9 Å². The molecule has 0 bridgehead atoms. The maximum absolute atomic E-state index is 14.0. The first-order chi connectivity index (χ1) is 18.6. The Labute approximate surface area is 222 Å². The fraction of sp³-hybridized carbons (Fsp3) is 0.500. The van der Waals surface area contributed by atoms with E-state index in [9.17, 15) is 27.6 Å². The number of hydrogen-bond donors (Lipinski definition) is 3. The average molecular weight is 544 g/mol. The lowest BCUT2D eigenvalue weighted by molar-refractivity contribution is -0.159. The maximum atomic E-state index is 14.0. The van der Waals surface area contributed by atoms with Crippen molar-refractivity contribution in [2.45, 2.75) is 50.6 Å². The number of anilines is 1. The molecule has 206 valence electrons. The molecule has 10 nitrogen and oxygen atoms in total. The first-order valence-corrected chi connectivity index (χ1v) is 13.0. The van der Waals surface area contributed by atoms with E-state index in [1.54, 1.807) is 24.3 Å². The van der Waals surface area contributed by atoms with Gasteiger partial charge in [-0.15, -0.1) is 5.10 Å². The molecular weight excluding hydrogens is 515 g/mol. The summed E-state index contributed by atoms with van der Waals surface area (Å²) in [5.74, 6) is -0.644. The van der Waals surface area contributed by atoms with Gasteiger partial charge in [-0.25, -0.2) is 0 Å². The average Bonchev–Trinajstić information content (AvgIpc) is 3.46. The van der Waals surface area contributed by atoms with Crippen LogP contribution < -0.4 is 20.9 Å². The van der Waals surface area contributed by atoms with Crippen molar-refractivity contribution in [1.29, 1.82) is 0 Å². The van der Waals surface area contributed by atoms with Crippen molar-refractivity contribution in [3.8, 4) is 0 Å². The molecule has 4 aliphatic heterocycles. The van der Waals surface area contributed by atoms with Crippen molar-refractivity contribution in [3.05, 3.63) is 52.7 Å². The third-order valence-corrected chi connectivity index (χ3v) is 8.15. The number of nitrogens with one attached hydrogen (secondary N) is 3. The highest BCUT2D eigenvalue weighted by Gasteiger charge is 2.45. The number of hydrogen-bond acceptors (Lipinski definition) is 8. The monoisotopic (exact) mass is 543 g/mol. The van der Waals surface area contributed by atoms with Gasteiger partial charge in [-0.1, -0.05) is 12.1 Å². The van der Waals surface area contributed by atoms with E-state index in [4.69, 9.17) is 0 Å². The topological polar surface area (TPSA) is 120 Å². The number of rotatable bonds is 6. The second kappa shape index (κ2) is 9.56. The lowest BCUT2D eigenvalue weighted by atomic mass is 9.81. The van der Waals surface area contributed by atoms with Gasteiger partial charge in [-0.2, -0.15) is 18.3 Å². The van der Waals surface area contributed by atoms with Gasteiger partial charge in [0, 0.05) is 56.7 Å². The van der Waals surface area contributed by atoms with Crippen molar-refractivity contribution >= 4 is 23.5 Å². The molecule has 39 heavy (non-hydrogen) atoms. The Hall–Kier alpha value is -3.58. The molecule has 1 aromatic heterocycles. The van der Waals surface area contributed by atoms with Crippen LogP contribution in [0, 0.1) is 5.41 Å². The molecule has 4 aliphatic rings. The minimum Gasteiger partial charge on any atom is -0.354 e. The summed E-state index contributed by atoms with van der Waals surface area (Å²) in [5.41, 5.74) is 1.60. The van der Waals surface area contributed by atoms with Gasteiger partial charge in [0.25, 0.3) is 5.91 Å². The Balaban J connectivity index is 1.12. The summed E-state index contributed by atoms with van der Waals surface area (Å²) in [6.45, 7) is 3.55. The van der Waals surface area contributed by atoms with Gasteiger partial charge in [-0.3, -0.25) is 25.0 Å². The maximum Gasteiger partial charge on any atom is 0.409 e. The number of carbonyl (C=O) groups is 3. The van der Waals surface area contributed by atoms with Crippen LogP contribution in [0.15, 0.2) is 30.3 Å². The van der Waals surface area contributed by atoms with Gasteiger partial charge < -0.3 is 15.1 Å². The number of halogens is 3. The molecule has 2 unspecified atom stereocenters. The van der Waals surface area contributed by atoms with E-state index >= 15 is 0 Å². The van der Waals surface area contributed by atoms with Gasteiger partial charge in [0.05, 0.1) is 5.69 Å². The molecule has 1 aromatic carbocycles. The van der Waals surface area contributed by atoms with Crippen LogP contribution in [-0.2, 0) is 22.7 Å². The minimum atomic E-state index is -4.60. The fourth-order valence-electron chi connectivity index (χ4n) is 5.90. The molecule has 6 rings (SSSR count). The van der Waals surface area contributed by atoms with Crippen molar-refractivity contribution in [1.82, 2.24) is 31.0 Å². The highest BCUT2D eigenvalue weighted by molar-refractivity contribution is 6.05. The van der Waals surface area contributed by atoms with Gasteiger partial charge in [0.15, 0.2) is 5.82 Å². The van der Waals surface area contributed by atoms with E-state index in [2.05, 4.69) is 31.0 Å². The van der Waals surface area contributed by atoms with Crippen LogP contribution in [0.3, 0.4) is 0 Å². The molecule has 0 aliphatic carbocycles. The lowest BCUT2D eigenvalue weighted by Gasteiger charge is -2.39. The molecule has 3 saturated heterocycles. The smallest absolute Gasteiger partial charge is 0.354 e. The van der Waals surface area contributed by atoms with Crippen LogP contribution in [-0.4, -0.2) is 71.2 Å². The Bertz CT molecular complexity index is 1310. The lowest BCUT2D eigenvalue weighted by Crippen LogP contribution is -2.54. The summed E-state index contributed by atoms with van der Waals surface area (Å²) in [5, 5.41) is 16.1. The molecule has 5 heterocycles. The van der Waals surface area contributed by atoms with Crippen LogP contribution >= 0.6 is 0 Å². The molecule has 1 spiro atoms. The van der Waals surface area contributed by atoms with Crippen molar-refractivity contribution in [3.63, 3.8) is 0 Å². The van der Waals surface area contributed by atoms with Crippen molar-refractivity contribution in [2.24, 2.45) is 5.41 Å². The van der Waals surface area contributed by atoms with E-state index in [1.165, 1.54) is 11.0 Å². The third kappa shape index (κ3) is 4.84. The zero-order chi connectivity index (χ0) is 27.4. The van der Waals surface area contributed by atoms with E-state index in [0.717, 1.165) is 32.6 Å². The standard InChI is InChI=1S/C26H28F3N7O3/c27-26(28,29)22(18-3-5-20(34-33-18)35-8-7-25(14-35)12-30-13-25)31-10-15-1-2-17-16(9-15)11-36(24(17)39)19-4-6-21(37)32-23(19)38/h1-3,5,9,19,22,30-31H,4,6-8,10-14H2,(H,32,37,38). The summed E-state index contributed by atoms with van der Waals surface area (Å²) < 4.78 is 42.0. The fourth-order valence-corrected chi connectivity index (χ4v) is 5.90. The first-order valence-electron chi connectivity index (χ1n) is 13.0. The Morgan fingerprint density at radius 2 is 1.95 bits per heavy atom. The van der Waals surface area contributed by atoms with Crippen molar-refractivity contribution < 1.29 is 27.6 Å². The van der Waals surface area contributed by atoms with Crippen LogP contribution in [0.2, 0.25) is 0 Å². The van der Waals surface area contributed by atoms with Crippen LogP contribution in [0.4, 0.5) is 19.0 Å². The quantitative estimate of drug-likeness (QED) is 0.469. The summed E-state index contributed by atoms with van der Waals surface area (Å²) >= 11 is 0. The molecule has 0 saturated carbocycles. The zero-order valence-electron chi connectivity index (χ0n) is 21.1. The van der Waals surface area contributed by atoms with Gasteiger partial charge in [0.2, 0.25) is 11.8 Å². The molecular formula is C26H28F3N7O3. The summed E-state index contributed by atoms with van der Waals surface area (Å²) in [6, 6.07) is 5.03. The normalized spacial score (nSPS) is 23.2. The number of carbonyl (C=O) groups excluding carboxylic acids is 3. The number of amides is 3. The van der Waals surface area contributed by atoms with Gasteiger partial charge >= 0.3 is 6.18 Å². The number of aromatic nitrogens is 2. The summed E-state index contributed by atoms with van der Waals surface area (Å²) in [7, 11) is 0. The molecule has 2 aromatic rings. The SMILES string of the molecule is O=C1CCC(N2Cc3cc(CNC(c4ccc(N5CCC6(CNC6)C5)nn4)C(F)(F)F)ccc3C2=O)C(=O)N1. The number of fused-ring (bicyclic) bond motifs is 1. The van der Waals surface area contributed by atoms with Crippen LogP contribution in [0.1, 0.15) is 52.5 Å². The summed E-state index contributed by atoms with van der Waals surface area (Å²) in [4.78, 5) is 40.0. The van der Waals surface area contributed by atoms with Gasteiger partial charge in [-0.05, 0) is 42.2 Å². The van der Waals surface area contributed by atoms with E-state index in [0.29, 0.717) is 22.5 Å². The number of piperidine rings is 1. The molecule has 2 atom stereocenters. The summed E-state index contributed by atoms with van der Waals surface area (Å²) in [6.07, 6.45) is -3.19. The molecule has 3 fully saturated rings. The minimum absolute atomic E-state index is 0.116. The van der Waals surface area contributed by atoms with Crippen LogP contribution in [0.5, 0.6) is 0 Å². The Kier molecular flexibility index (Phi) is 6.29. The molecule has 13 heteroatoms. The first kappa shape index (κ1) is 25.7. The molecule has 3 N–H and O–H groups in total. The molecule has 0 radical (unpaired) electrons. The number of alkyl halides is 3. The van der Waals surface area contributed by atoms with Crippen LogP contribution in [0.25, 0.3) is 0 Å². The number of imide groups is 1. The highest BCUT2D eigenvalue weighted by Crippen LogP contribution is 2.37. The van der Waals surface area contributed by atoms with Crippen molar-refractivity contribution in [2.75, 3.05) is 31.1 Å². The number of nitrogens with zero attached hydrogens (tertiary/aromatic N) is 4. The Morgan fingerprint density at radius 3 is 2.59 bits per heavy atom. The number of benzene rings is 1. The van der Waals surface area contributed by atoms with Gasteiger partial charge in [0.1, 0.15) is 12.1 Å². The van der Waals surface area contributed by atoms with E-state index < -0.39 is 24.2 Å². The second-order valence-electron chi connectivity index (χ2n) is 10.8. The predicted molar refractivity (Wildman–Crippen MR) is 132 cm³/mol. The largest absolute Gasteiger partial charge is 0.409 e.